The molecule has 0 spiro atoms. The summed E-state index contributed by atoms with van der Waals surface area (Å²) in [7, 11) is 0. The lowest BCUT2D eigenvalue weighted by atomic mass is 10.1. The van der Waals surface area contributed by atoms with Gasteiger partial charge in [-0.05, 0) is 67.1 Å². The van der Waals surface area contributed by atoms with E-state index < -0.39 is 0 Å². The topological polar surface area (TPSA) is 117 Å². The standard InChI is InChI=1S/C34H37N7O3/c1-20(2)28-12-13-29(37-36-28)22-6-10-27(11-7-22)44-30-15-23(4-5-24(30)18-40-17-21(3)14-31(40)42)33-35-34(39-38-33)25-16-32(43)41(19-25)26-8-9-26/h4-7,10-13,15,20-21,25-26H,8-9,14,16-19H2,1-3H3,(H,35,38,39)/t21-,25?/m0/s1. The normalized spacial score (nSPS) is 20.3. The SMILES string of the molecule is CC(C)c1ccc(-c2ccc(Oc3cc(-c4n[nH]c(C5CC(=O)N(C6CC6)C5)n4)ccc3CN3C[C@@H](C)CC3=O)cc2)nn1. The minimum Gasteiger partial charge on any atom is -0.457 e. The number of aromatic nitrogens is 5. The smallest absolute Gasteiger partial charge is 0.223 e. The molecule has 1 aliphatic carbocycles. The molecule has 0 bridgehead atoms. The van der Waals surface area contributed by atoms with Crippen molar-refractivity contribution in [2.45, 2.75) is 70.9 Å². The number of carbonyl (C=O) groups excluding carboxylic acids is 2. The fraction of sp³-hybridized carbons (Fsp3) is 0.412. The Balaban J connectivity index is 1.14. The Morgan fingerprint density at radius 3 is 2.41 bits per heavy atom. The van der Waals surface area contributed by atoms with Gasteiger partial charge in [-0.1, -0.05) is 32.9 Å². The minimum atomic E-state index is 0.0206. The highest BCUT2D eigenvalue weighted by molar-refractivity contribution is 5.80. The summed E-state index contributed by atoms with van der Waals surface area (Å²) in [6.45, 7) is 8.18. The second-order valence-electron chi connectivity index (χ2n) is 12.8. The third-order valence-electron chi connectivity index (χ3n) is 8.78. The van der Waals surface area contributed by atoms with E-state index in [9.17, 15) is 9.59 Å². The number of rotatable bonds is 9. The van der Waals surface area contributed by atoms with Gasteiger partial charge in [0.2, 0.25) is 11.8 Å². The van der Waals surface area contributed by atoms with Crippen LogP contribution in [-0.2, 0) is 16.1 Å². The molecule has 2 atom stereocenters. The van der Waals surface area contributed by atoms with Crippen LogP contribution in [0.15, 0.2) is 54.6 Å². The first kappa shape index (κ1) is 28.2. The molecule has 3 fully saturated rings. The van der Waals surface area contributed by atoms with E-state index in [0.29, 0.717) is 61.1 Å². The van der Waals surface area contributed by atoms with Gasteiger partial charge < -0.3 is 14.5 Å². The summed E-state index contributed by atoms with van der Waals surface area (Å²) in [5.41, 5.74) is 4.42. The first-order valence-electron chi connectivity index (χ1n) is 15.6. The lowest BCUT2D eigenvalue weighted by molar-refractivity contribution is -0.129. The molecule has 1 N–H and O–H groups in total. The van der Waals surface area contributed by atoms with Gasteiger partial charge in [-0.3, -0.25) is 14.7 Å². The van der Waals surface area contributed by atoms with E-state index >= 15 is 0 Å². The Morgan fingerprint density at radius 1 is 0.932 bits per heavy atom. The van der Waals surface area contributed by atoms with E-state index in [0.717, 1.165) is 53.3 Å². The molecule has 0 radical (unpaired) electrons. The quantitative estimate of drug-likeness (QED) is 0.266. The number of hydrogen-bond donors (Lipinski definition) is 1. The fourth-order valence-electron chi connectivity index (χ4n) is 6.11. The Bertz CT molecular complexity index is 1680. The van der Waals surface area contributed by atoms with Crippen LogP contribution < -0.4 is 4.74 Å². The zero-order chi connectivity index (χ0) is 30.4. The number of aromatic amines is 1. The predicted octanol–water partition coefficient (Wildman–Crippen LogP) is 5.69. The first-order valence-corrected chi connectivity index (χ1v) is 15.6. The minimum absolute atomic E-state index is 0.0206. The monoisotopic (exact) mass is 591 g/mol. The Morgan fingerprint density at radius 2 is 1.73 bits per heavy atom. The second-order valence-corrected chi connectivity index (χ2v) is 12.8. The van der Waals surface area contributed by atoms with E-state index in [2.05, 4.69) is 41.2 Å². The maximum absolute atomic E-state index is 12.6. The van der Waals surface area contributed by atoms with Crippen LogP contribution in [0.4, 0.5) is 0 Å². The molecule has 1 saturated carbocycles. The molecule has 10 heteroatoms. The number of nitrogens with one attached hydrogen (secondary N) is 1. The Labute approximate surface area is 256 Å². The largest absolute Gasteiger partial charge is 0.457 e. The van der Waals surface area contributed by atoms with Crippen molar-refractivity contribution in [3.8, 4) is 34.1 Å². The van der Waals surface area contributed by atoms with Gasteiger partial charge in [0.25, 0.3) is 0 Å². The molecule has 10 nitrogen and oxygen atoms in total. The van der Waals surface area contributed by atoms with Gasteiger partial charge in [0.15, 0.2) is 5.82 Å². The van der Waals surface area contributed by atoms with Crippen molar-refractivity contribution in [3.05, 3.63) is 71.7 Å². The van der Waals surface area contributed by atoms with Crippen LogP contribution in [0.2, 0.25) is 0 Å². The van der Waals surface area contributed by atoms with E-state index in [-0.39, 0.29) is 17.7 Å². The number of benzene rings is 2. The van der Waals surface area contributed by atoms with Gasteiger partial charge in [-0.25, -0.2) is 4.98 Å². The van der Waals surface area contributed by atoms with Crippen LogP contribution in [0.1, 0.15) is 75.4 Å². The molecule has 2 aromatic carbocycles. The van der Waals surface area contributed by atoms with Gasteiger partial charge in [0.05, 0.1) is 11.4 Å². The Hall–Kier alpha value is -4.60. The number of carbonyl (C=O) groups is 2. The van der Waals surface area contributed by atoms with Gasteiger partial charge in [-0.15, -0.1) is 0 Å². The average molecular weight is 592 g/mol. The van der Waals surface area contributed by atoms with Gasteiger partial charge in [-0.2, -0.15) is 15.3 Å². The third kappa shape index (κ3) is 5.80. The van der Waals surface area contributed by atoms with Crippen molar-refractivity contribution in [2.75, 3.05) is 13.1 Å². The molecule has 7 rings (SSSR count). The lowest BCUT2D eigenvalue weighted by Crippen LogP contribution is -2.27. The second kappa shape index (κ2) is 11.5. The molecule has 1 unspecified atom stereocenters. The summed E-state index contributed by atoms with van der Waals surface area (Å²) in [5, 5.41) is 16.3. The zero-order valence-electron chi connectivity index (χ0n) is 25.4. The third-order valence-corrected chi connectivity index (χ3v) is 8.78. The summed E-state index contributed by atoms with van der Waals surface area (Å²) < 4.78 is 6.46. The van der Waals surface area contributed by atoms with Crippen molar-refractivity contribution in [2.24, 2.45) is 5.92 Å². The van der Waals surface area contributed by atoms with Crippen molar-refractivity contribution < 1.29 is 14.3 Å². The summed E-state index contributed by atoms with van der Waals surface area (Å²) in [5.74, 6) is 3.64. The number of amides is 2. The molecule has 2 aliphatic heterocycles. The predicted molar refractivity (Wildman–Crippen MR) is 165 cm³/mol. The molecule has 2 aromatic heterocycles. The zero-order valence-corrected chi connectivity index (χ0v) is 25.4. The van der Waals surface area contributed by atoms with Crippen LogP contribution >= 0.6 is 0 Å². The van der Waals surface area contributed by atoms with E-state index in [4.69, 9.17) is 9.72 Å². The van der Waals surface area contributed by atoms with E-state index in [1.807, 2.05) is 64.4 Å². The first-order chi connectivity index (χ1) is 21.3. The lowest BCUT2D eigenvalue weighted by Gasteiger charge is -2.19. The van der Waals surface area contributed by atoms with E-state index in [1.165, 1.54) is 0 Å². The van der Waals surface area contributed by atoms with Crippen LogP contribution in [0, 0.1) is 5.92 Å². The molecule has 226 valence electrons. The van der Waals surface area contributed by atoms with Crippen molar-refractivity contribution in [1.82, 2.24) is 35.2 Å². The van der Waals surface area contributed by atoms with Crippen LogP contribution in [0.25, 0.3) is 22.6 Å². The van der Waals surface area contributed by atoms with E-state index in [1.54, 1.807) is 0 Å². The highest BCUT2D eigenvalue weighted by Gasteiger charge is 2.41. The Kier molecular flexibility index (Phi) is 7.35. The summed E-state index contributed by atoms with van der Waals surface area (Å²) in [4.78, 5) is 33.8. The molecule has 4 aromatic rings. The van der Waals surface area contributed by atoms with Crippen LogP contribution in [0.3, 0.4) is 0 Å². The maximum Gasteiger partial charge on any atom is 0.223 e. The summed E-state index contributed by atoms with van der Waals surface area (Å²) >= 11 is 0. The fourth-order valence-corrected chi connectivity index (χ4v) is 6.11. The molecule has 4 heterocycles. The molecular weight excluding hydrogens is 554 g/mol. The number of likely N-dealkylation sites (tertiary alicyclic amines) is 2. The van der Waals surface area contributed by atoms with Gasteiger partial charge in [0, 0.05) is 61.1 Å². The number of nitrogens with zero attached hydrogens (tertiary/aromatic N) is 6. The molecule has 2 amide bonds. The van der Waals surface area contributed by atoms with Crippen LogP contribution in [0.5, 0.6) is 11.5 Å². The number of hydrogen-bond acceptors (Lipinski definition) is 7. The number of H-pyrrole nitrogens is 1. The molecular formula is C34H37N7O3. The number of ether oxygens (including phenoxy) is 1. The summed E-state index contributed by atoms with van der Waals surface area (Å²) in [6.07, 6.45) is 3.22. The van der Waals surface area contributed by atoms with Gasteiger partial charge >= 0.3 is 0 Å². The van der Waals surface area contributed by atoms with Gasteiger partial charge in [0.1, 0.15) is 17.3 Å². The molecule has 3 aliphatic rings. The average Bonchev–Trinajstić information content (AvgIpc) is 3.45. The molecule has 44 heavy (non-hydrogen) atoms. The van der Waals surface area contributed by atoms with Crippen LogP contribution in [-0.4, -0.2) is 66.1 Å². The summed E-state index contributed by atoms with van der Waals surface area (Å²) in [6, 6.07) is 18.1. The van der Waals surface area contributed by atoms with Crippen molar-refractivity contribution in [1.29, 1.82) is 0 Å². The maximum atomic E-state index is 12.6. The highest BCUT2D eigenvalue weighted by Crippen LogP contribution is 2.37. The molecule has 2 saturated heterocycles. The van der Waals surface area contributed by atoms with Crippen molar-refractivity contribution in [3.63, 3.8) is 0 Å². The highest BCUT2D eigenvalue weighted by atomic mass is 16.5. The van der Waals surface area contributed by atoms with Crippen molar-refractivity contribution >= 4 is 11.8 Å².